The summed E-state index contributed by atoms with van der Waals surface area (Å²) in [4.78, 5) is 17.3. The van der Waals surface area contributed by atoms with E-state index in [4.69, 9.17) is 11.6 Å². The van der Waals surface area contributed by atoms with Crippen LogP contribution < -0.4 is 5.32 Å². The van der Waals surface area contributed by atoms with Gasteiger partial charge in [-0.1, -0.05) is 35.9 Å². The molecule has 0 saturated heterocycles. The van der Waals surface area contributed by atoms with Crippen LogP contribution in [0, 0.1) is 0 Å². The molecule has 0 saturated carbocycles. The minimum absolute atomic E-state index is 0.188. The number of para-hydroxylation sites is 1. The van der Waals surface area contributed by atoms with E-state index in [0.717, 1.165) is 5.69 Å². The molecule has 1 heterocycles. The molecule has 0 aliphatic heterocycles. The number of hydrogen-bond donors (Lipinski definition) is 1. The van der Waals surface area contributed by atoms with E-state index in [1.165, 1.54) is 29.1 Å². The summed E-state index contributed by atoms with van der Waals surface area (Å²) in [7, 11) is 0. The number of hydrogen-bond acceptors (Lipinski definition) is 5. The van der Waals surface area contributed by atoms with Gasteiger partial charge in [0.25, 0.3) is 0 Å². The van der Waals surface area contributed by atoms with Crippen molar-refractivity contribution in [1.29, 1.82) is 0 Å². The summed E-state index contributed by atoms with van der Waals surface area (Å²) < 4.78 is 1.47. The Balaban J connectivity index is 2.09. The first-order valence-corrected chi connectivity index (χ1v) is 9.50. The zero-order valence-corrected chi connectivity index (χ0v) is 16.0. The topological polar surface area (TPSA) is 59.8 Å². The van der Waals surface area contributed by atoms with Crippen molar-refractivity contribution in [2.24, 2.45) is 0 Å². The van der Waals surface area contributed by atoms with Crippen LogP contribution in [0.25, 0.3) is 5.70 Å². The third kappa shape index (κ3) is 4.87. The van der Waals surface area contributed by atoms with Crippen LogP contribution in [0.15, 0.2) is 84.9 Å². The lowest BCUT2D eigenvalue weighted by Crippen LogP contribution is -2.15. The van der Waals surface area contributed by atoms with Gasteiger partial charge in [0.1, 0.15) is 23.4 Å². The molecule has 0 fully saturated rings. The van der Waals surface area contributed by atoms with Gasteiger partial charge >= 0.3 is 0 Å². The molecule has 0 aliphatic carbocycles. The van der Waals surface area contributed by atoms with E-state index in [-0.39, 0.29) is 5.78 Å². The fourth-order valence-electron chi connectivity index (χ4n) is 2.33. The number of carbonyl (C=O) groups excluding carboxylic acids is 1. The molecule has 0 unspecified atom stereocenters. The van der Waals surface area contributed by atoms with Gasteiger partial charge in [0.15, 0.2) is 0 Å². The van der Waals surface area contributed by atoms with Crippen LogP contribution in [0.5, 0.6) is 0 Å². The Morgan fingerprint density at radius 1 is 1.19 bits per heavy atom. The Morgan fingerprint density at radius 2 is 1.93 bits per heavy atom. The largest absolute Gasteiger partial charge is 0.348 e. The van der Waals surface area contributed by atoms with Crippen LogP contribution in [0.3, 0.4) is 0 Å². The summed E-state index contributed by atoms with van der Waals surface area (Å²) in [5.74, 6) is 0.438. The van der Waals surface area contributed by atoms with E-state index >= 15 is 0 Å². The van der Waals surface area contributed by atoms with E-state index in [9.17, 15) is 4.79 Å². The number of anilines is 1. The fraction of sp³-hybridized carbons (Fsp3) is 0.0500. The highest BCUT2D eigenvalue weighted by Crippen LogP contribution is 2.28. The molecule has 136 valence electrons. The zero-order chi connectivity index (χ0) is 19.1. The second-order valence-electron chi connectivity index (χ2n) is 5.44. The maximum absolute atomic E-state index is 13.3. The Hall–Kier alpha value is -2.83. The molecule has 0 atom stereocenters. The van der Waals surface area contributed by atoms with Gasteiger partial charge in [-0.25, -0.2) is 9.67 Å². The molecule has 0 amide bonds. The molecule has 1 N–H and O–H groups in total. The molecule has 3 rings (SSSR count). The summed E-state index contributed by atoms with van der Waals surface area (Å²) in [5.41, 5.74) is 1.76. The maximum atomic E-state index is 13.3. The third-order valence-electron chi connectivity index (χ3n) is 3.56. The maximum Gasteiger partial charge on any atom is 0.214 e. The number of nitrogens with one attached hydrogen (secondary N) is 1. The summed E-state index contributed by atoms with van der Waals surface area (Å²) in [6.45, 7) is 3.77. The van der Waals surface area contributed by atoms with E-state index in [2.05, 4.69) is 22.0 Å². The van der Waals surface area contributed by atoms with Crippen molar-refractivity contribution in [1.82, 2.24) is 14.8 Å². The second-order valence-corrected chi connectivity index (χ2v) is 6.91. The fourth-order valence-corrected chi connectivity index (χ4v) is 3.25. The number of rotatable bonds is 8. The smallest absolute Gasteiger partial charge is 0.214 e. The van der Waals surface area contributed by atoms with Gasteiger partial charge in [-0.15, -0.1) is 18.3 Å². The average Bonchev–Trinajstić information content (AvgIpc) is 3.21. The van der Waals surface area contributed by atoms with Crippen molar-refractivity contribution in [3.8, 4) is 0 Å². The van der Waals surface area contributed by atoms with Gasteiger partial charge in [-0.05, 0) is 36.4 Å². The van der Waals surface area contributed by atoms with Crippen molar-refractivity contribution < 1.29 is 4.79 Å². The normalized spacial score (nSPS) is 11.6. The Kier molecular flexibility index (Phi) is 6.46. The molecule has 2 aromatic carbocycles. The third-order valence-corrected chi connectivity index (χ3v) is 4.80. The second kappa shape index (κ2) is 9.21. The first-order valence-electron chi connectivity index (χ1n) is 8.14. The molecule has 7 heteroatoms. The summed E-state index contributed by atoms with van der Waals surface area (Å²) in [5, 5.41) is 8.73. The summed E-state index contributed by atoms with van der Waals surface area (Å²) in [6.07, 6.45) is 4.68. The van der Waals surface area contributed by atoms with Crippen LogP contribution in [-0.2, 0) is 0 Å². The van der Waals surface area contributed by atoms with E-state index in [1.807, 2.05) is 30.3 Å². The minimum Gasteiger partial charge on any atom is -0.348 e. The molecular weight excluding hydrogens is 380 g/mol. The number of thioether (sulfide) groups is 1. The molecule has 27 heavy (non-hydrogen) atoms. The van der Waals surface area contributed by atoms with Crippen LogP contribution >= 0.6 is 23.4 Å². The van der Waals surface area contributed by atoms with Crippen molar-refractivity contribution in [2.45, 2.75) is 0 Å². The van der Waals surface area contributed by atoms with Gasteiger partial charge in [0.2, 0.25) is 5.78 Å². The highest BCUT2D eigenvalue weighted by molar-refractivity contribution is 8.03. The van der Waals surface area contributed by atoms with Gasteiger partial charge in [0, 0.05) is 22.0 Å². The SMILES string of the molecule is C=CCS/C(Nc1ccccc1)=C(/C(=O)c1ccc(Cl)cc1)n1cncn1. The quantitative estimate of drug-likeness (QED) is 0.331. The van der Waals surface area contributed by atoms with Crippen molar-refractivity contribution in [3.05, 3.63) is 95.5 Å². The van der Waals surface area contributed by atoms with Gasteiger partial charge < -0.3 is 5.32 Å². The Labute approximate surface area is 166 Å². The Morgan fingerprint density at radius 3 is 2.56 bits per heavy atom. The highest BCUT2D eigenvalue weighted by Gasteiger charge is 2.21. The molecule has 0 aliphatic rings. The van der Waals surface area contributed by atoms with Crippen LogP contribution in [0.2, 0.25) is 5.02 Å². The van der Waals surface area contributed by atoms with E-state index in [0.29, 0.717) is 27.1 Å². The molecule has 0 spiro atoms. The molecule has 3 aromatic rings. The minimum atomic E-state index is -0.188. The Bertz CT molecular complexity index is 938. The number of Topliss-reactive ketones (excluding diaryl/α,β-unsaturated/α-hetero) is 1. The van der Waals surface area contributed by atoms with Gasteiger partial charge in [0.05, 0.1) is 0 Å². The molecule has 1 aromatic heterocycles. The van der Waals surface area contributed by atoms with E-state index < -0.39 is 0 Å². The van der Waals surface area contributed by atoms with Crippen LogP contribution in [0.4, 0.5) is 5.69 Å². The predicted molar refractivity (Wildman–Crippen MR) is 112 cm³/mol. The zero-order valence-electron chi connectivity index (χ0n) is 14.4. The lowest BCUT2D eigenvalue weighted by atomic mass is 10.1. The molecular formula is C20H17ClN4OS. The van der Waals surface area contributed by atoms with Crippen molar-refractivity contribution in [2.75, 3.05) is 11.1 Å². The number of aromatic nitrogens is 3. The van der Waals surface area contributed by atoms with Gasteiger partial charge in [-0.2, -0.15) is 5.10 Å². The summed E-state index contributed by atoms with van der Waals surface area (Å²) in [6, 6.07) is 16.4. The number of carbonyl (C=O) groups is 1. The predicted octanol–water partition coefficient (Wildman–Crippen LogP) is 4.97. The highest BCUT2D eigenvalue weighted by atomic mass is 35.5. The monoisotopic (exact) mass is 396 g/mol. The number of benzene rings is 2. The van der Waals surface area contributed by atoms with Gasteiger partial charge in [-0.3, -0.25) is 4.79 Å². The lowest BCUT2D eigenvalue weighted by molar-refractivity contribution is 0.104. The van der Waals surface area contributed by atoms with Crippen molar-refractivity contribution in [3.63, 3.8) is 0 Å². The molecule has 5 nitrogen and oxygen atoms in total. The van der Waals surface area contributed by atoms with Crippen LogP contribution in [-0.4, -0.2) is 26.3 Å². The summed E-state index contributed by atoms with van der Waals surface area (Å²) >= 11 is 7.42. The first kappa shape index (κ1) is 18.9. The standard InChI is InChI=1S/C20H17ClN4OS/c1-2-12-27-20(24-17-6-4-3-5-7-17)18(25-14-22-13-23-25)19(26)15-8-10-16(21)11-9-15/h2-11,13-14,24H,1,12H2/b20-18-. The van der Waals surface area contributed by atoms with E-state index in [1.54, 1.807) is 30.3 Å². The lowest BCUT2D eigenvalue weighted by Gasteiger charge is -2.16. The average molecular weight is 397 g/mol. The molecule has 0 bridgehead atoms. The number of ketones is 1. The number of allylic oxidation sites excluding steroid dienone is 1. The first-order chi connectivity index (χ1) is 13.2. The van der Waals surface area contributed by atoms with Crippen LogP contribution in [0.1, 0.15) is 10.4 Å². The molecule has 0 radical (unpaired) electrons. The number of nitrogens with zero attached hydrogens (tertiary/aromatic N) is 3. The number of halogens is 1. The van der Waals surface area contributed by atoms with Crippen molar-refractivity contribution >= 4 is 40.5 Å².